The third-order valence-corrected chi connectivity index (χ3v) is 3.22. The molecule has 0 spiro atoms. The number of rotatable bonds is 4. The van der Waals surface area contributed by atoms with Crippen molar-refractivity contribution < 1.29 is 19.8 Å². The Morgan fingerprint density at radius 1 is 1.33 bits per heavy atom. The van der Waals surface area contributed by atoms with Gasteiger partial charge < -0.3 is 15.5 Å². The molecular formula is C13H15NO4. The number of aromatic carboxylic acids is 1. The molecule has 1 aliphatic heterocycles. The maximum Gasteiger partial charge on any atom is 0.335 e. The van der Waals surface area contributed by atoms with Gasteiger partial charge in [-0.25, -0.2) is 4.79 Å². The van der Waals surface area contributed by atoms with Gasteiger partial charge in [0.2, 0.25) is 0 Å². The zero-order valence-corrected chi connectivity index (χ0v) is 9.80. The molecule has 5 nitrogen and oxygen atoms in total. The first-order valence-electron chi connectivity index (χ1n) is 5.84. The summed E-state index contributed by atoms with van der Waals surface area (Å²) in [6.07, 6.45) is 1.30. The van der Waals surface area contributed by atoms with Crippen molar-refractivity contribution >= 4 is 11.9 Å². The van der Waals surface area contributed by atoms with E-state index in [4.69, 9.17) is 10.2 Å². The number of aliphatic carboxylic acids is 1. The Balaban J connectivity index is 2.00. The predicted octanol–water partition coefficient (Wildman–Crippen LogP) is 0.990. The molecule has 0 bridgehead atoms. The zero-order chi connectivity index (χ0) is 13.1. The Morgan fingerprint density at radius 3 is 2.72 bits per heavy atom. The standard InChI is InChI=1S/C13H15NO4/c15-12(16)10-3-1-2-8(5-10)4-9-6-11(13(17)18)14-7-9/h1-3,5,9,11,14H,4,6-7H2,(H,15,16)(H,17,18). The van der Waals surface area contributed by atoms with Crippen molar-refractivity contribution in [2.24, 2.45) is 5.92 Å². The highest BCUT2D eigenvalue weighted by Gasteiger charge is 2.29. The Kier molecular flexibility index (Phi) is 3.62. The summed E-state index contributed by atoms with van der Waals surface area (Å²) in [6.45, 7) is 0.661. The van der Waals surface area contributed by atoms with Gasteiger partial charge in [0, 0.05) is 0 Å². The molecule has 1 aromatic rings. The van der Waals surface area contributed by atoms with Gasteiger partial charge in [-0.2, -0.15) is 0 Å². The number of carboxylic acid groups (broad SMARTS) is 2. The number of hydrogen-bond donors (Lipinski definition) is 3. The molecule has 2 atom stereocenters. The van der Waals surface area contributed by atoms with Crippen molar-refractivity contribution in [3.8, 4) is 0 Å². The topological polar surface area (TPSA) is 86.6 Å². The third-order valence-electron chi connectivity index (χ3n) is 3.22. The molecule has 1 saturated heterocycles. The molecule has 3 N–H and O–H groups in total. The van der Waals surface area contributed by atoms with Gasteiger partial charge in [0.25, 0.3) is 0 Å². The molecular weight excluding hydrogens is 234 g/mol. The van der Waals surface area contributed by atoms with Crippen LogP contribution in [-0.4, -0.2) is 34.7 Å². The van der Waals surface area contributed by atoms with Crippen LogP contribution in [0.1, 0.15) is 22.3 Å². The second kappa shape index (κ2) is 5.18. The van der Waals surface area contributed by atoms with Crippen LogP contribution in [0.3, 0.4) is 0 Å². The van der Waals surface area contributed by atoms with Gasteiger partial charge in [-0.15, -0.1) is 0 Å². The first-order chi connectivity index (χ1) is 8.56. The summed E-state index contributed by atoms with van der Waals surface area (Å²) in [6, 6.07) is 6.32. The maximum atomic E-state index is 10.8. The molecule has 1 aliphatic rings. The van der Waals surface area contributed by atoms with E-state index < -0.39 is 18.0 Å². The van der Waals surface area contributed by atoms with E-state index in [9.17, 15) is 9.59 Å². The molecule has 96 valence electrons. The summed E-state index contributed by atoms with van der Waals surface area (Å²) < 4.78 is 0. The lowest BCUT2D eigenvalue weighted by molar-refractivity contribution is -0.139. The van der Waals surface area contributed by atoms with Crippen LogP contribution in [0, 0.1) is 5.92 Å². The summed E-state index contributed by atoms with van der Waals surface area (Å²) >= 11 is 0. The van der Waals surface area contributed by atoms with Crippen molar-refractivity contribution in [3.05, 3.63) is 35.4 Å². The number of benzene rings is 1. The monoisotopic (exact) mass is 249 g/mol. The normalized spacial score (nSPS) is 22.9. The second-order valence-corrected chi connectivity index (χ2v) is 4.61. The summed E-state index contributed by atoms with van der Waals surface area (Å²) in [4.78, 5) is 21.6. The number of carboxylic acids is 2. The molecule has 1 heterocycles. The van der Waals surface area contributed by atoms with Crippen LogP contribution in [0.4, 0.5) is 0 Å². The van der Waals surface area contributed by atoms with Crippen LogP contribution in [0.5, 0.6) is 0 Å². The molecule has 2 rings (SSSR count). The molecule has 0 amide bonds. The molecule has 2 unspecified atom stereocenters. The third kappa shape index (κ3) is 2.87. The summed E-state index contributed by atoms with van der Waals surface area (Å²) in [5, 5.41) is 20.7. The highest BCUT2D eigenvalue weighted by Crippen LogP contribution is 2.20. The van der Waals surface area contributed by atoms with Crippen LogP contribution in [-0.2, 0) is 11.2 Å². The molecule has 0 saturated carbocycles. The van der Waals surface area contributed by atoms with E-state index in [1.165, 1.54) is 0 Å². The summed E-state index contributed by atoms with van der Waals surface area (Å²) in [5.41, 5.74) is 1.21. The lowest BCUT2D eigenvalue weighted by Gasteiger charge is -2.08. The molecule has 0 aromatic heterocycles. The van der Waals surface area contributed by atoms with Gasteiger partial charge in [-0.3, -0.25) is 4.79 Å². The SMILES string of the molecule is O=C(O)c1cccc(CC2CNC(C(=O)O)C2)c1. The van der Waals surface area contributed by atoms with Crippen LogP contribution in [0.2, 0.25) is 0 Å². The maximum absolute atomic E-state index is 10.8. The van der Waals surface area contributed by atoms with Gasteiger partial charge in [0.05, 0.1) is 5.56 Å². The van der Waals surface area contributed by atoms with E-state index in [0.717, 1.165) is 5.56 Å². The fourth-order valence-electron chi connectivity index (χ4n) is 2.32. The average molecular weight is 249 g/mol. The molecule has 0 radical (unpaired) electrons. The lowest BCUT2D eigenvalue weighted by atomic mass is 9.96. The highest BCUT2D eigenvalue weighted by molar-refractivity contribution is 5.87. The van der Waals surface area contributed by atoms with Crippen molar-refractivity contribution in [1.29, 1.82) is 0 Å². The van der Waals surface area contributed by atoms with Crippen LogP contribution in [0.25, 0.3) is 0 Å². The minimum absolute atomic E-state index is 0.246. The van der Waals surface area contributed by atoms with Crippen LogP contribution in [0.15, 0.2) is 24.3 Å². The molecule has 1 aromatic carbocycles. The lowest BCUT2D eigenvalue weighted by Crippen LogP contribution is -2.29. The van der Waals surface area contributed by atoms with E-state index in [-0.39, 0.29) is 11.5 Å². The Bertz CT molecular complexity index is 472. The van der Waals surface area contributed by atoms with E-state index in [2.05, 4.69) is 5.32 Å². The number of carbonyl (C=O) groups is 2. The predicted molar refractivity (Wildman–Crippen MR) is 64.6 cm³/mol. The summed E-state index contributed by atoms with van der Waals surface area (Å²) in [7, 11) is 0. The number of hydrogen-bond acceptors (Lipinski definition) is 3. The first kappa shape index (κ1) is 12.6. The van der Waals surface area contributed by atoms with Crippen LogP contribution < -0.4 is 5.32 Å². The first-order valence-corrected chi connectivity index (χ1v) is 5.84. The average Bonchev–Trinajstić information content (AvgIpc) is 2.78. The molecule has 5 heteroatoms. The largest absolute Gasteiger partial charge is 0.480 e. The summed E-state index contributed by atoms with van der Waals surface area (Å²) in [5.74, 6) is -1.52. The fourth-order valence-corrected chi connectivity index (χ4v) is 2.32. The van der Waals surface area contributed by atoms with Crippen LogP contribution >= 0.6 is 0 Å². The van der Waals surface area contributed by atoms with E-state index >= 15 is 0 Å². The molecule has 0 aliphatic carbocycles. The van der Waals surface area contributed by atoms with Crippen molar-refractivity contribution in [3.63, 3.8) is 0 Å². The minimum atomic E-state index is -0.940. The minimum Gasteiger partial charge on any atom is -0.480 e. The van der Waals surface area contributed by atoms with E-state index in [1.807, 2.05) is 6.07 Å². The van der Waals surface area contributed by atoms with E-state index in [1.54, 1.807) is 18.2 Å². The van der Waals surface area contributed by atoms with Gasteiger partial charge in [0.15, 0.2) is 0 Å². The highest BCUT2D eigenvalue weighted by atomic mass is 16.4. The van der Waals surface area contributed by atoms with Crippen molar-refractivity contribution in [2.75, 3.05) is 6.54 Å². The Labute approximate surface area is 104 Å². The molecule has 1 fully saturated rings. The van der Waals surface area contributed by atoms with Gasteiger partial charge in [0.1, 0.15) is 6.04 Å². The smallest absolute Gasteiger partial charge is 0.335 e. The van der Waals surface area contributed by atoms with Crippen molar-refractivity contribution in [2.45, 2.75) is 18.9 Å². The quantitative estimate of drug-likeness (QED) is 0.740. The van der Waals surface area contributed by atoms with Gasteiger partial charge in [-0.1, -0.05) is 12.1 Å². The zero-order valence-electron chi connectivity index (χ0n) is 9.80. The van der Waals surface area contributed by atoms with Crippen molar-refractivity contribution in [1.82, 2.24) is 5.32 Å². The number of nitrogens with one attached hydrogen (secondary N) is 1. The van der Waals surface area contributed by atoms with E-state index in [0.29, 0.717) is 19.4 Å². The Hall–Kier alpha value is -1.88. The fraction of sp³-hybridized carbons (Fsp3) is 0.385. The second-order valence-electron chi connectivity index (χ2n) is 4.61. The molecule has 18 heavy (non-hydrogen) atoms. The van der Waals surface area contributed by atoms with Gasteiger partial charge >= 0.3 is 11.9 Å². The van der Waals surface area contributed by atoms with Gasteiger partial charge in [-0.05, 0) is 43.0 Å². The Morgan fingerprint density at radius 2 is 2.11 bits per heavy atom.